The van der Waals surface area contributed by atoms with Gasteiger partial charge >= 0.3 is 0 Å². The highest BCUT2D eigenvalue weighted by Gasteiger charge is 2.39. The van der Waals surface area contributed by atoms with E-state index in [1.165, 1.54) is 25.7 Å². The average molecular weight is 180 g/mol. The molecule has 1 heteroatoms. The lowest BCUT2D eigenvalue weighted by Crippen LogP contribution is -2.37. The summed E-state index contributed by atoms with van der Waals surface area (Å²) < 4.78 is 5.46. The van der Waals surface area contributed by atoms with E-state index in [9.17, 15) is 0 Å². The van der Waals surface area contributed by atoms with Crippen molar-refractivity contribution in [3.63, 3.8) is 0 Å². The van der Waals surface area contributed by atoms with Crippen molar-refractivity contribution >= 4 is 0 Å². The Labute approximate surface area is 81.2 Å². The third-order valence-electron chi connectivity index (χ3n) is 3.98. The van der Waals surface area contributed by atoms with Crippen molar-refractivity contribution in [2.75, 3.05) is 13.2 Å². The second-order valence-corrected chi connectivity index (χ2v) is 4.84. The maximum Gasteiger partial charge on any atom is 0.0471 e. The van der Waals surface area contributed by atoms with Gasteiger partial charge in [-0.05, 0) is 43.9 Å². The SMILES string of the molecule is CC1=CCC(C)C2(CCOCC2)C1. The zero-order valence-corrected chi connectivity index (χ0v) is 8.81. The third kappa shape index (κ3) is 1.67. The molecule has 0 aromatic rings. The van der Waals surface area contributed by atoms with E-state index >= 15 is 0 Å². The van der Waals surface area contributed by atoms with Gasteiger partial charge in [0.15, 0.2) is 0 Å². The molecule has 0 N–H and O–H groups in total. The molecule has 0 bridgehead atoms. The molecule has 1 aliphatic heterocycles. The quantitative estimate of drug-likeness (QED) is 0.520. The number of ether oxygens (including phenoxy) is 1. The topological polar surface area (TPSA) is 9.23 Å². The molecule has 1 unspecified atom stereocenters. The van der Waals surface area contributed by atoms with E-state index < -0.39 is 0 Å². The van der Waals surface area contributed by atoms with Crippen LogP contribution >= 0.6 is 0 Å². The third-order valence-corrected chi connectivity index (χ3v) is 3.98. The summed E-state index contributed by atoms with van der Waals surface area (Å²) in [5, 5.41) is 0. The number of hydrogen-bond acceptors (Lipinski definition) is 1. The van der Waals surface area contributed by atoms with Gasteiger partial charge in [-0.15, -0.1) is 0 Å². The minimum atomic E-state index is 0.594. The van der Waals surface area contributed by atoms with Gasteiger partial charge in [0.25, 0.3) is 0 Å². The second-order valence-electron chi connectivity index (χ2n) is 4.84. The first-order chi connectivity index (χ1) is 6.23. The van der Waals surface area contributed by atoms with Crippen LogP contribution in [0.1, 0.15) is 39.5 Å². The molecule has 1 spiro atoms. The van der Waals surface area contributed by atoms with Gasteiger partial charge in [0.05, 0.1) is 0 Å². The number of hydrogen-bond donors (Lipinski definition) is 0. The number of rotatable bonds is 0. The monoisotopic (exact) mass is 180 g/mol. The van der Waals surface area contributed by atoms with Crippen LogP contribution in [0.25, 0.3) is 0 Å². The smallest absolute Gasteiger partial charge is 0.0471 e. The fourth-order valence-electron chi connectivity index (χ4n) is 2.88. The van der Waals surface area contributed by atoms with E-state index in [0.717, 1.165) is 19.1 Å². The minimum Gasteiger partial charge on any atom is -0.381 e. The first kappa shape index (κ1) is 9.26. The fraction of sp³-hybridized carbons (Fsp3) is 0.833. The van der Waals surface area contributed by atoms with Crippen LogP contribution in [0.15, 0.2) is 11.6 Å². The minimum absolute atomic E-state index is 0.594. The molecule has 74 valence electrons. The Kier molecular flexibility index (Phi) is 2.46. The summed E-state index contributed by atoms with van der Waals surface area (Å²) in [5.41, 5.74) is 2.19. The lowest BCUT2D eigenvalue weighted by molar-refractivity contribution is -0.0170. The van der Waals surface area contributed by atoms with Crippen LogP contribution in [0.5, 0.6) is 0 Å². The Hall–Kier alpha value is -0.300. The summed E-state index contributed by atoms with van der Waals surface area (Å²) >= 11 is 0. The van der Waals surface area contributed by atoms with Crippen molar-refractivity contribution < 1.29 is 4.74 Å². The first-order valence-electron chi connectivity index (χ1n) is 5.46. The predicted molar refractivity (Wildman–Crippen MR) is 54.6 cm³/mol. The van der Waals surface area contributed by atoms with E-state index in [4.69, 9.17) is 4.74 Å². The Bertz CT molecular complexity index is 211. The highest BCUT2D eigenvalue weighted by Crippen LogP contribution is 2.47. The largest absolute Gasteiger partial charge is 0.381 e. The molecule has 13 heavy (non-hydrogen) atoms. The molecule has 1 heterocycles. The Morgan fingerprint density at radius 3 is 2.77 bits per heavy atom. The maximum absolute atomic E-state index is 5.46. The maximum atomic E-state index is 5.46. The van der Waals surface area contributed by atoms with Crippen LogP contribution in [0, 0.1) is 11.3 Å². The lowest BCUT2D eigenvalue weighted by atomic mass is 9.63. The van der Waals surface area contributed by atoms with E-state index in [1.807, 2.05) is 0 Å². The molecule has 1 saturated heterocycles. The second kappa shape index (κ2) is 3.45. The Balaban J connectivity index is 2.14. The Morgan fingerprint density at radius 2 is 2.08 bits per heavy atom. The van der Waals surface area contributed by atoms with Gasteiger partial charge in [-0.1, -0.05) is 18.6 Å². The van der Waals surface area contributed by atoms with E-state index in [2.05, 4.69) is 19.9 Å². The summed E-state index contributed by atoms with van der Waals surface area (Å²) in [7, 11) is 0. The van der Waals surface area contributed by atoms with Crippen molar-refractivity contribution in [1.82, 2.24) is 0 Å². The van der Waals surface area contributed by atoms with Gasteiger partial charge in [0, 0.05) is 13.2 Å². The molecule has 1 nitrogen and oxygen atoms in total. The van der Waals surface area contributed by atoms with Gasteiger partial charge in [-0.3, -0.25) is 0 Å². The summed E-state index contributed by atoms with van der Waals surface area (Å²) in [6.45, 7) is 6.66. The molecule has 0 aromatic carbocycles. The Morgan fingerprint density at radius 1 is 1.38 bits per heavy atom. The van der Waals surface area contributed by atoms with Crippen LogP contribution in [0.3, 0.4) is 0 Å². The summed E-state index contributed by atoms with van der Waals surface area (Å²) in [4.78, 5) is 0. The predicted octanol–water partition coefficient (Wildman–Crippen LogP) is 3.16. The summed E-state index contributed by atoms with van der Waals surface area (Å²) in [6, 6.07) is 0. The molecular formula is C12H20O. The van der Waals surface area contributed by atoms with Crippen molar-refractivity contribution in [3.8, 4) is 0 Å². The van der Waals surface area contributed by atoms with Crippen molar-refractivity contribution in [2.24, 2.45) is 11.3 Å². The van der Waals surface area contributed by atoms with Crippen molar-refractivity contribution in [1.29, 1.82) is 0 Å². The van der Waals surface area contributed by atoms with Crippen LogP contribution in [0.2, 0.25) is 0 Å². The van der Waals surface area contributed by atoms with E-state index in [-0.39, 0.29) is 0 Å². The lowest BCUT2D eigenvalue weighted by Gasteiger charge is -2.44. The molecule has 0 amide bonds. The fourth-order valence-corrected chi connectivity index (χ4v) is 2.88. The highest BCUT2D eigenvalue weighted by molar-refractivity contribution is 5.10. The van der Waals surface area contributed by atoms with Gasteiger partial charge in [-0.25, -0.2) is 0 Å². The van der Waals surface area contributed by atoms with Gasteiger partial charge in [0.2, 0.25) is 0 Å². The molecular weight excluding hydrogens is 160 g/mol. The van der Waals surface area contributed by atoms with Crippen LogP contribution in [-0.4, -0.2) is 13.2 Å². The normalized spacial score (nSPS) is 33.1. The zero-order valence-electron chi connectivity index (χ0n) is 8.81. The molecule has 0 radical (unpaired) electrons. The van der Waals surface area contributed by atoms with Crippen molar-refractivity contribution in [3.05, 3.63) is 11.6 Å². The van der Waals surface area contributed by atoms with Gasteiger partial charge in [0.1, 0.15) is 0 Å². The molecule has 0 saturated carbocycles. The summed E-state index contributed by atoms with van der Waals surface area (Å²) in [6.07, 6.45) is 7.58. The molecule has 2 aliphatic rings. The van der Waals surface area contributed by atoms with Gasteiger partial charge in [-0.2, -0.15) is 0 Å². The van der Waals surface area contributed by atoms with E-state index in [1.54, 1.807) is 5.57 Å². The number of allylic oxidation sites excluding steroid dienone is 2. The standard InChI is InChI=1S/C12H20O/c1-10-3-4-11(2)12(9-10)5-7-13-8-6-12/h3,11H,4-9H2,1-2H3. The zero-order chi connectivity index (χ0) is 9.31. The molecule has 0 aromatic heterocycles. The molecule has 1 fully saturated rings. The molecule has 1 atom stereocenters. The summed E-state index contributed by atoms with van der Waals surface area (Å²) in [5.74, 6) is 0.861. The van der Waals surface area contributed by atoms with E-state index in [0.29, 0.717) is 5.41 Å². The van der Waals surface area contributed by atoms with Gasteiger partial charge < -0.3 is 4.74 Å². The van der Waals surface area contributed by atoms with Crippen molar-refractivity contribution in [2.45, 2.75) is 39.5 Å². The van der Waals surface area contributed by atoms with Crippen LogP contribution in [0.4, 0.5) is 0 Å². The molecule has 1 aliphatic carbocycles. The van der Waals surface area contributed by atoms with Crippen LogP contribution in [-0.2, 0) is 4.74 Å². The highest BCUT2D eigenvalue weighted by atomic mass is 16.5. The molecule has 2 rings (SSSR count). The average Bonchev–Trinajstić information content (AvgIpc) is 2.14. The first-order valence-corrected chi connectivity index (χ1v) is 5.46. The van der Waals surface area contributed by atoms with Crippen LogP contribution < -0.4 is 0 Å².